The number of ether oxygens (including phenoxy) is 1. The molecule has 3 N–H and O–H groups in total. The fourth-order valence-electron chi connectivity index (χ4n) is 4.32. The monoisotopic (exact) mass is 436 g/mol. The van der Waals surface area contributed by atoms with Crippen LogP contribution < -0.4 is 16.0 Å². The summed E-state index contributed by atoms with van der Waals surface area (Å²) in [6, 6.07) is 4.10. The molecule has 1 saturated heterocycles. The van der Waals surface area contributed by atoms with Crippen LogP contribution in [0.1, 0.15) is 44.1 Å². The van der Waals surface area contributed by atoms with Crippen molar-refractivity contribution in [2.75, 3.05) is 43.1 Å². The van der Waals surface area contributed by atoms with Crippen LogP contribution >= 0.6 is 0 Å². The summed E-state index contributed by atoms with van der Waals surface area (Å²) in [4.78, 5) is 28.7. The molecule has 2 saturated carbocycles. The molecule has 0 spiro atoms. The predicted molar refractivity (Wildman–Crippen MR) is 113 cm³/mol. The summed E-state index contributed by atoms with van der Waals surface area (Å²) >= 11 is 0. The van der Waals surface area contributed by atoms with Crippen molar-refractivity contribution in [2.45, 2.75) is 50.6 Å². The number of nitrogens with two attached hydrogens (primary N) is 1. The standard InChI is InChI=1S/C22H30F2N4O3/c23-21(24)17-10-16(27-8-9-31-13-20(27)29)6-7-18(17)26-22(30)19(11-25)28(15-4-5-15)12-14-2-1-3-14/h6-7,10,14-15,19,21H,1-5,8-9,11-13,25H2,(H,26,30)/t19-/m0/s1. The van der Waals surface area contributed by atoms with Crippen LogP contribution in [0.2, 0.25) is 0 Å². The molecule has 9 heteroatoms. The summed E-state index contributed by atoms with van der Waals surface area (Å²) in [5.74, 6) is -0.0437. The third-order valence-corrected chi connectivity index (χ3v) is 6.46. The van der Waals surface area contributed by atoms with Crippen molar-refractivity contribution in [3.63, 3.8) is 0 Å². The number of rotatable bonds is 9. The van der Waals surface area contributed by atoms with E-state index in [0.717, 1.165) is 19.4 Å². The fourth-order valence-corrected chi connectivity index (χ4v) is 4.32. The zero-order valence-corrected chi connectivity index (χ0v) is 17.6. The lowest BCUT2D eigenvalue weighted by Gasteiger charge is -2.36. The Balaban J connectivity index is 1.51. The SMILES string of the molecule is NC[C@@H](C(=O)Nc1ccc(N2CCOCC2=O)cc1C(F)F)N(CC1CCC1)C1CC1. The summed E-state index contributed by atoms with van der Waals surface area (Å²) in [6.45, 7) is 1.56. The molecule has 2 amide bonds. The number of hydrogen-bond donors (Lipinski definition) is 2. The maximum absolute atomic E-state index is 13.8. The number of nitrogens with one attached hydrogen (secondary N) is 1. The van der Waals surface area contributed by atoms with E-state index in [-0.39, 0.29) is 36.2 Å². The average molecular weight is 437 g/mol. The molecule has 7 nitrogen and oxygen atoms in total. The summed E-state index contributed by atoms with van der Waals surface area (Å²) < 4.78 is 32.7. The second-order valence-corrected chi connectivity index (χ2v) is 8.64. The summed E-state index contributed by atoms with van der Waals surface area (Å²) in [7, 11) is 0. The van der Waals surface area contributed by atoms with Gasteiger partial charge in [0.25, 0.3) is 12.3 Å². The van der Waals surface area contributed by atoms with Crippen LogP contribution in [0.25, 0.3) is 0 Å². The van der Waals surface area contributed by atoms with E-state index in [9.17, 15) is 18.4 Å². The second kappa shape index (κ2) is 9.58. The first kappa shape index (κ1) is 22.1. The van der Waals surface area contributed by atoms with Gasteiger partial charge in [0.05, 0.1) is 6.61 Å². The molecule has 0 bridgehead atoms. The van der Waals surface area contributed by atoms with Gasteiger partial charge in [-0.05, 0) is 49.8 Å². The van der Waals surface area contributed by atoms with Crippen LogP contribution in [-0.4, -0.2) is 61.6 Å². The smallest absolute Gasteiger partial charge is 0.265 e. The molecule has 1 heterocycles. The molecule has 2 aliphatic carbocycles. The predicted octanol–water partition coefficient (Wildman–Crippen LogP) is 2.52. The number of hydrogen-bond acceptors (Lipinski definition) is 5. The Hall–Kier alpha value is -2.10. The lowest BCUT2D eigenvalue weighted by molar-refractivity contribution is -0.125. The number of carbonyl (C=O) groups excluding carboxylic acids is 2. The van der Waals surface area contributed by atoms with E-state index in [2.05, 4.69) is 10.2 Å². The minimum absolute atomic E-state index is 0.0577. The maximum Gasteiger partial charge on any atom is 0.265 e. The third kappa shape index (κ3) is 5.05. The van der Waals surface area contributed by atoms with Gasteiger partial charge in [-0.15, -0.1) is 0 Å². The van der Waals surface area contributed by atoms with Crippen LogP contribution in [0.4, 0.5) is 20.2 Å². The van der Waals surface area contributed by atoms with Gasteiger partial charge in [-0.1, -0.05) is 6.42 Å². The Bertz CT molecular complexity index is 814. The second-order valence-electron chi connectivity index (χ2n) is 8.64. The molecule has 31 heavy (non-hydrogen) atoms. The van der Waals surface area contributed by atoms with Crippen LogP contribution in [0.3, 0.4) is 0 Å². The first-order valence-electron chi connectivity index (χ1n) is 11.0. The first-order valence-corrected chi connectivity index (χ1v) is 11.0. The van der Waals surface area contributed by atoms with E-state index in [4.69, 9.17) is 10.5 Å². The zero-order chi connectivity index (χ0) is 22.0. The van der Waals surface area contributed by atoms with Crippen molar-refractivity contribution in [3.05, 3.63) is 23.8 Å². The van der Waals surface area contributed by atoms with E-state index in [1.807, 2.05) is 0 Å². The molecular formula is C22H30F2N4O3. The van der Waals surface area contributed by atoms with Gasteiger partial charge in [0.1, 0.15) is 12.6 Å². The normalized spacial score (nSPS) is 20.8. The highest BCUT2D eigenvalue weighted by atomic mass is 19.3. The van der Waals surface area contributed by atoms with Gasteiger partial charge in [-0.3, -0.25) is 14.5 Å². The summed E-state index contributed by atoms with van der Waals surface area (Å²) in [5, 5.41) is 2.69. The Labute approximate surface area is 180 Å². The molecule has 0 radical (unpaired) electrons. The minimum Gasteiger partial charge on any atom is -0.370 e. The van der Waals surface area contributed by atoms with Crippen LogP contribution in [0, 0.1) is 5.92 Å². The van der Waals surface area contributed by atoms with Crippen molar-refractivity contribution in [1.82, 2.24) is 4.90 Å². The van der Waals surface area contributed by atoms with Crippen molar-refractivity contribution in [3.8, 4) is 0 Å². The van der Waals surface area contributed by atoms with Gasteiger partial charge in [0.2, 0.25) is 5.91 Å². The molecule has 4 rings (SSSR count). The van der Waals surface area contributed by atoms with E-state index >= 15 is 0 Å². The van der Waals surface area contributed by atoms with Crippen molar-refractivity contribution in [1.29, 1.82) is 0 Å². The fraction of sp³-hybridized carbons (Fsp3) is 0.636. The number of anilines is 2. The van der Waals surface area contributed by atoms with E-state index in [1.54, 1.807) is 6.07 Å². The Morgan fingerprint density at radius 3 is 2.65 bits per heavy atom. The van der Waals surface area contributed by atoms with E-state index in [1.165, 1.54) is 36.3 Å². The average Bonchev–Trinajstić information content (AvgIpc) is 3.55. The number of nitrogens with zero attached hydrogens (tertiary/aromatic N) is 2. The third-order valence-electron chi connectivity index (χ3n) is 6.46. The zero-order valence-electron chi connectivity index (χ0n) is 17.6. The molecule has 170 valence electrons. The number of carbonyl (C=O) groups is 2. The highest BCUT2D eigenvalue weighted by Gasteiger charge is 2.39. The first-order chi connectivity index (χ1) is 15.0. The number of amides is 2. The molecule has 0 unspecified atom stereocenters. The molecule has 1 atom stereocenters. The quantitative estimate of drug-likeness (QED) is 0.621. The van der Waals surface area contributed by atoms with Crippen molar-refractivity contribution < 1.29 is 23.1 Å². The number of halogens is 2. The largest absolute Gasteiger partial charge is 0.370 e. The lowest BCUT2D eigenvalue weighted by atomic mass is 9.84. The number of morpholine rings is 1. The van der Waals surface area contributed by atoms with Gasteiger partial charge in [0, 0.05) is 42.6 Å². The number of alkyl halides is 2. The van der Waals surface area contributed by atoms with Gasteiger partial charge in [0.15, 0.2) is 0 Å². The van der Waals surface area contributed by atoms with E-state index in [0.29, 0.717) is 30.8 Å². The van der Waals surface area contributed by atoms with Gasteiger partial charge < -0.3 is 20.7 Å². The highest BCUT2D eigenvalue weighted by Crippen LogP contribution is 2.35. The maximum atomic E-state index is 13.8. The molecule has 1 aromatic carbocycles. The van der Waals surface area contributed by atoms with Crippen molar-refractivity contribution >= 4 is 23.2 Å². The highest BCUT2D eigenvalue weighted by molar-refractivity contribution is 5.97. The Kier molecular flexibility index (Phi) is 6.83. The molecular weight excluding hydrogens is 406 g/mol. The molecule has 3 aliphatic rings. The van der Waals surface area contributed by atoms with Crippen LogP contribution in [0.15, 0.2) is 18.2 Å². The van der Waals surface area contributed by atoms with Gasteiger partial charge in [-0.2, -0.15) is 0 Å². The molecule has 1 aromatic rings. The topological polar surface area (TPSA) is 87.9 Å². The minimum atomic E-state index is -2.79. The van der Waals surface area contributed by atoms with Gasteiger partial charge >= 0.3 is 0 Å². The summed E-state index contributed by atoms with van der Waals surface area (Å²) in [5.41, 5.74) is 6.08. The molecule has 3 fully saturated rings. The summed E-state index contributed by atoms with van der Waals surface area (Å²) in [6.07, 6.45) is 2.84. The van der Waals surface area contributed by atoms with E-state index < -0.39 is 12.5 Å². The Morgan fingerprint density at radius 1 is 1.29 bits per heavy atom. The van der Waals surface area contributed by atoms with Crippen molar-refractivity contribution in [2.24, 2.45) is 11.7 Å². The van der Waals surface area contributed by atoms with Crippen LogP contribution in [-0.2, 0) is 14.3 Å². The Morgan fingerprint density at radius 2 is 2.06 bits per heavy atom. The lowest BCUT2D eigenvalue weighted by Crippen LogP contribution is -2.51. The van der Waals surface area contributed by atoms with Gasteiger partial charge in [-0.25, -0.2) is 8.78 Å². The number of benzene rings is 1. The van der Waals surface area contributed by atoms with Crippen LogP contribution in [0.5, 0.6) is 0 Å². The molecule has 1 aliphatic heterocycles. The molecule has 0 aromatic heterocycles.